The van der Waals surface area contributed by atoms with Crippen LogP contribution in [0.5, 0.6) is 0 Å². The highest BCUT2D eigenvalue weighted by Gasteiger charge is 2.55. The molecule has 2 fully saturated rings. The zero-order chi connectivity index (χ0) is 22.6. The largest absolute Gasteiger partial charge is 0.471 e. The topological polar surface area (TPSA) is 99.2 Å². The average Bonchev–Trinajstić information content (AvgIpc) is 3.04. The van der Waals surface area contributed by atoms with Gasteiger partial charge in [0.05, 0.1) is 11.8 Å². The standard InChI is InChI=1S/C23H25NO7/c1-23(2,3)22(28)30-14-29-21(27)19-20(31-18-12-17(26)24(18)19)16(13-25)11-7-10-15-8-5-4-6-9-15/h4-10,13,18-19H,11-12,14H2,1-3H3/b10-7-,20-16+/t18-,19?/m1/s1. The minimum atomic E-state index is -1.18. The van der Waals surface area contributed by atoms with Gasteiger partial charge in [0.2, 0.25) is 12.7 Å². The van der Waals surface area contributed by atoms with Crippen LogP contribution in [-0.2, 0) is 33.4 Å². The maximum atomic E-state index is 12.7. The number of aldehydes is 1. The first-order chi connectivity index (χ1) is 14.7. The third-order valence-corrected chi connectivity index (χ3v) is 4.87. The molecule has 1 aromatic carbocycles. The number of benzene rings is 1. The number of rotatable bonds is 7. The molecule has 1 amide bonds. The Morgan fingerprint density at radius 1 is 1.19 bits per heavy atom. The number of hydrogen-bond donors (Lipinski definition) is 0. The molecule has 0 N–H and O–H groups in total. The van der Waals surface area contributed by atoms with E-state index in [9.17, 15) is 19.2 Å². The molecule has 164 valence electrons. The van der Waals surface area contributed by atoms with Gasteiger partial charge < -0.3 is 14.2 Å². The van der Waals surface area contributed by atoms with Crippen molar-refractivity contribution >= 4 is 30.2 Å². The lowest BCUT2D eigenvalue weighted by Gasteiger charge is -2.33. The fourth-order valence-electron chi connectivity index (χ4n) is 3.15. The van der Waals surface area contributed by atoms with Crippen LogP contribution in [-0.4, -0.2) is 48.1 Å². The molecule has 2 aliphatic rings. The van der Waals surface area contributed by atoms with Crippen LogP contribution in [0.4, 0.5) is 0 Å². The molecule has 2 atom stereocenters. The highest BCUT2D eigenvalue weighted by Crippen LogP contribution is 2.38. The van der Waals surface area contributed by atoms with Gasteiger partial charge in [-0.25, -0.2) is 4.79 Å². The summed E-state index contributed by atoms with van der Waals surface area (Å²) in [7, 11) is 0. The fraction of sp³-hybridized carbons (Fsp3) is 0.391. The first kappa shape index (κ1) is 22.3. The van der Waals surface area contributed by atoms with Gasteiger partial charge >= 0.3 is 11.9 Å². The molecule has 0 saturated carbocycles. The van der Waals surface area contributed by atoms with Crippen LogP contribution in [0.15, 0.2) is 47.7 Å². The molecule has 1 aromatic rings. The van der Waals surface area contributed by atoms with Crippen LogP contribution >= 0.6 is 0 Å². The van der Waals surface area contributed by atoms with E-state index in [-0.39, 0.29) is 30.1 Å². The summed E-state index contributed by atoms with van der Waals surface area (Å²) in [5.41, 5.74) is 0.450. The van der Waals surface area contributed by atoms with Crippen LogP contribution < -0.4 is 0 Å². The van der Waals surface area contributed by atoms with Gasteiger partial charge in [-0.15, -0.1) is 0 Å². The summed E-state index contributed by atoms with van der Waals surface area (Å²) >= 11 is 0. The smallest absolute Gasteiger partial charge is 0.339 e. The minimum Gasteiger partial charge on any atom is -0.471 e. The van der Waals surface area contributed by atoms with Crippen molar-refractivity contribution in [1.29, 1.82) is 0 Å². The Hall–Kier alpha value is -3.42. The quantitative estimate of drug-likeness (QED) is 0.217. The zero-order valence-electron chi connectivity index (χ0n) is 17.7. The van der Waals surface area contributed by atoms with Crippen molar-refractivity contribution in [2.24, 2.45) is 5.41 Å². The average molecular weight is 427 g/mol. The Morgan fingerprint density at radius 2 is 1.90 bits per heavy atom. The van der Waals surface area contributed by atoms with Crippen molar-refractivity contribution in [3.8, 4) is 0 Å². The van der Waals surface area contributed by atoms with Crippen molar-refractivity contribution in [3.63, 3.8) is 0 Å². The minimum absolute atomic E-state index is 0.0932. The molecule has 2 aliphatic heterocycles. The van der Waals surface area contributed by atoms with E-state index in [0.29, 0.717) is 6.29 Å². The Labute approximate surface area is 180 Å². The van der Waals surface area contributed by atoms with Crippen molar-refractivity contribution in [3.05, 3.63) is 53.3 Å². The van der Waals surface area contributed by atoms with Crippen molar-refractivity contribution < 1.29 is 33.4 Å². The predicted octanol–water partition coefficient (Wildman–Crippen LogP) is 2.59. The van der Waals surface area contributed by atoms with E-state index >= 15 is 0 Å². The third kappa shape index (κ3) is 5.02. The Bertz CT molecular complexity index is 927. The van der Waals surface area contributed by atoms with Crippen LogP contribution in [0, 0.1) is 5.41 Å². The summed E-state index contributed by atoms with van der Waals surface area (Å²) in [5, 5.41) is 0. The molecule has 0 spiro atoms. The van der Waals surface area contributed by atoms with Gasteiger partial charge in [0.25, 0.3) is 0 Å². The van der Waals surface area contributed by atoms with Crippen LogP contribution in [0.2, 0.25) is 0 Å². The van der Waals surface area contributed by atoms with E-state index in [2.05, 4.69) is 0 Å². The molecule has 0 aromatic heterocycles. The molecule has 2 heterocycles. The number of nitrogens with zero attached hydrogens (tertiary/aromatic N) is 1. The van der Waals surface area contributed by atoms with E-state index in [4.69, 9.17) is 14.2 Å². The summed E-state index contributed by atoms with van der Waals surface area (Å²) < 4.78 is 15.7. The first-order valence-electron chi connectivity index (χ1n) is 9.94. The lowest BCUT2D eigenvalue weighted by atomic mass is 9.98. The second-order valence-electron chi connectivity index (χ2n) is 8.27. The number of ether oxygens (including phenoxy) is 3. The summed E-state index contributed by atoms with van der Waals surface area (Å²) in [6.07, 6.45) is 3.97. The van der Waals surface area contributed by atoms with Gasteiger partial charge in [0, 0.05) is 5.57 Å². The monoisotopic (exact) mass is 427 g/mol. The Morgan fingerprint density at radius 3 is 2.52 bits per heavy atom. The number of carbonyl (C=O) groups is 4. The second-order valence-corrected chi connectivity index (χ2v) is 8.27. The molecular formula is C23H25NO7. The highest BCUT2D eigenvalue weighted by molar-refractivity contribution is 5.93. The SMILES string of the molecule is CC(C)(C)C(=O)OCOC(=O)C1/C(=C(\C=O)C/C=C\c2ccccc2)O[C@@H]2CC(=O)N12. The first-order valence-corrected chi connectivity index (χ1v) is 9.94. The van der Waals surface area contributed by atoms with Crippen molar-refractivity contribution in [1.82, 2.24) is 4.90 Å². The van der Waals surface area contributed by atoms with Gasteiger partial charge in [-0.05, 0) is 32.8 Å². The second kappa shape index (κ2) is 9.16. The normalized spacial score (nSPS) is 21.8. The number of amides is 1. The Balaban J connectivity index is 1.73. The summed E-state index contributed by atoms with van der Waals surface area (Å²) in [6, 6.07) is 8.35. The molecule has 8 nitrogen and oxygen atoms in total. The lowest BCUT2D eigenvalue weighted by Crippen LogP contribution is -2.55. The van der Waals surface area contributed by atoms with Gasteiger partial charge in [-0.1, -0.05) is 42.5 Å². The number of fused-ring (bicyclic) bond motifs is 1. The molecule has 1 unspecified atom stereocenters. The number of esters is 2. The summed E-state index contributed by atoms with van der Waals surface area (Å²) in [4.78, 5) is 49.5. The molecule has 31 heavy (non-hydrogen) atoms. The van der Waals surface area contributed by atoms with Crippen LogP contribution in [0.25, 0.3) is 6.08 Å². The van der Waals surface area contributed by atoms with Crippen LogP contribution in [0.1, 0.15) is 39.2 Å². The van der Waals surface area contributed by atoms with E-state index in [1.807, 2.05) is 36.4 Å². The fourth-order valence-corrected chi connectivity index (χ4v) is 3.15. The van der Waals surface area contributed by atoms with E-state index < -0.39 is 36.4 Å². The van der Waals surface area contributed by atoms with Gasteiger partial charge in [-0.2, -0.15) is 0 Å². The van der Waals surface area contributed by atoms with Crippen molar-refractivity contribution in [2.45, 2.75) is 45.9 Å². The lowest BCUT2D eigenvalue weighted by molar-refractivity contribution is -0.179. The van der Waals surface area contributed by atoms with Gasteiger partial charge in [0.15, 0.2) is 12.3 Å². The number of carbonyl (C=O) groups excluding carboxylic acids is 4. The Kier molecular flexibility index (Phi) is 6.58. The molecule has 3 rings (SSSR count). The van der Waals surface area contributed by atoms with E-state index in [0.717, 1.165) is 5.56 Å². The number of β-lactam (4-membered cyclic amide) rings is 1. The molecular weight excluding hydrogens is 402 g/mol. The third-order valence-electron chi connectivity index (χ3n) is 4.87. The summed E-state index contributed by atoms with van der Waals surface area (Å²) in [6.45, 7) is 4.43. The molecule has 0 radical (unpaired) electrons. The number of hydrogen-bond acceptors (Lipinski definition) is 7. The summed E-state index contributed by atoms with van der Waals surface area (Å²) in [5.74, 6) is -1.54. The molecule has 0 aliphatic carbocycles. The van der Waals surface area contributed by atoms with E-state index in [1.165, 1.54) is 4.90 Å². The number of allylic oxidation sites excluding steroid dienone is 2. The maximum absolute atomic E-state index is 12.7. The highest BCUT2D eigenvalue weighted by atomic mass is 16.7. The van der Waals surface area contributed by atoms with Crippen LogP contribution in [0.3, 0.4) is 0 Å². The van der Waals surface area contributed by atoms with Crippen molar-refractivity contribution in [2.75, 3.05) is 6.79 Å². The van der Waals surface area contributed by atoms with E-state index in [1.54, 1.807) is 26.8 Å². The molecule has 2 saturated heterocycles. The predicted molar refractivity (Wildman–Crippen MR) is 110 cm³/mol. The molecule has 8 heteroatoms. The van der Waals surface area contributed by atoms with Gasteiger partial charge in [-0.3, -0.25) is 19.3 Å². The zero-order valence-corrected chi connectivity index (χ0v) is 17.7. The molecule has 0 bridgehead atoms. The maximum Gasteiger partial charge on any atom is 0.339 e. The van der Waals surface area contributed by atoms with Gasteiger partial charge in [0.1, 0.15) is 12.0 Å².